The zero-order valence-corrected chi connectivity index (χ0v) is 14.0. The highest BCUT2D eigenvalue weighted by molar-refractivity contribution is 8.00. The van der Waals surface area contributed by atoms with Gasteiger partial charge in [0.05, 0.1) is 17.9 Å². The Morgan fingerprint density at radius 2 is 2.21 bits per heavy atom. The summed E-state index contributed by atoms with van der Waals surface area (Å²) in [5.74, 6) is 0.649. The maximum absolute atomic E-state index is 12.3. The minimum absolute atomic E-state index is 0.261. The minimum atomic E-state index is -0.514. The van der Waals surface area contributed by atoms with E-state index in [9.17, 15) is 9.59 Å². The Balaban J connectivity index is 1.72. The number of carbonyl (C=O) groups is 2. The molecule has 0 saturated carbocycles. The van der Waals surface area contributed by atoms with Gasteiger partial charge in [-0.2, -0.15) is 0 Å². The molecule has 1 aliphatic rings. The first-order valence-corrected chi connectivity index (χ1v) is 8.21. The molecule has 1 atom stereocenters. The molecule has 2 heterocycles. The summed E-state index contributed by atoms with van der Waals surface area (Å²) in [5.41, 5.74) is 0.678. The van der Waals surface area contributed by atoms with Gasteiger partial charge in [-0.05, 0) is 19.1 Å². The first kappa shape index (κ1) is 16.3. The summed E-state index contributed by atoms with van der Waals surface area (Å²) in [6.07, 6.45) is 0. The average Bonchev–Trinajstić information content (AvgIpc) is 3.23. The van der Waals surface area contributed by atoms with Crippen molar-refractivity contribution >= 4 is 23.7 Å². The normalized spacial score (nSPS) is 15.2. The van der Waals surface area contributed by atoms with Crippen molar-refractivity contribution in [1.29, 1.82) is 0 Å². The average molecular weight is 348 g/mol. The highest BCUT2D eigenvalue weighted by Crippen LogP contribution is 2.31. The van der Waals surface area contributed by atoms with Crippen molar-refractivity contribution in [2.75, 3.05) is 20.2 Å². The zero-order chi connectivity index (χ0) is 17.1. The Hall–Kier alpha value is -2.55. The van der Waals surface area contributed by atoms with Crippen LogP contribution in [0.5, 0.6) is 5.75 Å². The van der Waals surface area contributed by atoms with Crippen LogP contribution in [0.1, 0.15) is 6.92 Å². The second-order valence-corrected chi connectivity index (χ2v) is 6.35. The van der Waals surface area contributed by atoms with Crippen LogP contribution in [0, 0.1) is 0 Å². The van der Waals surface area contributed by atoms with Crippen LogP contribution in [0.15, 0.2) is 33.9 Å². The molecule has 0 unspecified atom stereocenters. The summed E-state index contributed by atoms with van der Waals surface area (Å²) in [5, 5.41) is 10.3. The number of nitrogens with one attached hydrogen (secondary N) is 1. The zero-order valence-electron chi connectivity index (χ0n) is 13.2. The molecule has 1 aliphatic heterocycles. The maximum Gasteiger partial charge on any atom is 0.324 e. The second kappa shape index (κ2) is 6.91. The van der Waals surface area contributed by atoms with Gasteiger partial charge in [0.15, 0.2) is 0 Å². The molecule has 3 amide bonds. The van der Waals surface area contributed by atoms with Gasteiger partial charge in [0.1, 0.15) is 5.75 Å². The van der Waals surface area contributed by atoms with E-state index in [1.54, 1.807) is 20.1 Å². The summed E-state index contributed by atoms with van der Waals surface area (Å²) >= 11 is 1.12. The van der Waals surface area contributed by atoms with Crippen LogP contribution in [0.25, 0.3) is 11.5 Å². The van der Waals surface area contributed by atoms with Crippen molar-refractivity contribution in [3.05, 3.63) is 24.3 Å². The van der Waals surface area contributed by atoms with Gasteiger partial charge < -0.3 is 14.5 Å². The topological polar surface area (TPSA) is 97.6 Å². The van der Waals surface area contributed by atoms with E-state index < -0.39 is 5.25 Å². The molecular weight excluding hydrogens is 332 g/mol. The predicted molar refractivity (Wildman–Crippen MR) is 86.7 cm³/mol. The molecule has 0 spiro atoms. The van der Waals surface area contributed by atoms with Crippen molar-refractivity contribution in [1.82, 2.24) is 20.4 Å². The predicted octanol–water partition coefficient (Wildman–Crippen LogP) is 1.78. The standard InChI is InChI=1S/C15H16N4O4S/c1-9(13(20)19-8-7-16-14(19)21)24-15-18-17-12(23-15)10-5-3-4-6-11(10)22-2/h3-6,9H,7-8H2,1-2H3,(H,16,21)/t9-/m0/s1. The van der Waals surface area contributed by atoms with Crippen LogP contribution < -0.4 is 10.1 Å². The van der Waals surface area contributed by atoms with Crippen LogP contribution in [-0.2, 0) is 4.79 Å². The third kappa shape index (κ3) is 3.21. The van der Waals surface area contributed by atoms with Crippen LogP contribution >= 0.6 is 11.8 Å². The number of ether oxygens (including phenoxy) is 1. The quantitative estimate of drug-likeness (QED) is 0.822. The van der Waals surface area contributed by atoms with E-state index in [4.69, 9.17) is 9.15 Å². The number of methoxy groups -OCH3 is 1. The number of benzene rings is 1. The molecule has 3 rings (SSSR count). The van der Waals surface area contributed by atoms with E-state index in [0.717, 1.165) is 11.8 Å². The van der Waals surface area contributed by atoms with E-state index in [1.165, 1.54) is 4.90 Å². The van der Waals surface area contributed by atoms with Crippen LogP contribution in [0.4, 0.5) is 4.79 Å². The lowest BCUT2D eigenvalue weighted by Crippen LogP contribution is -2.38. The molecule has 0 aliphatic carbocycles. The molecule has 24 heavy (non-hydrogen) atoms. The smallest absolute Gasteiger partial charge is 0.324 e. The number of rotatable bonds is 5. The third-order valence-electron chi connectivity index (χ3n) is 3.49. The molecular formula is C15H16N4O4S. The number of carbonyl (C=O) groups excluding carboxylic acids is 2. The Bertz CT molecular complexity index is 763. The summed E-state index contributed by atoms with van der Waals surface area (Å²) in [6.45, 7) is 2.55. The van der Waals surface area contributed by atoms with Crippen LogP contribution in [-0.4, -0.2) is 52.5 Å². The number of nitrogens with zero attached hydrogens (tertiary/aromatic N) is 3. The van der Waals surface area contributed by atoms with Crippen LogP contribution in [0.2, 0.25) is 0 Å². The molecule has 8 nitrogen and oxygen atoms in total. The van der Waals surface area contributed by atoms with Gasteiger partial charge in [-0.3, -0.25) is 9.69 Å². The fourth-order valence-electron chi connectivity index (χ4n) is 2.29. The van der Waals surface area contributed by atoms with Gasteiger partial charge in [0.2, 0.25) is 5.91 Å². The molecule has 9 heteroatoms. The Labute approximate surface area is 142 Å². The molecule has 1 aromatic carbocycles. The van der Waals surface area contributed by atoms with Gasteiger partial charge in [-0.1, -0.05) is 23.9 Å². The van der Waals surface area contributed by atoms with Crippen molar-refractivity contribution in [3.8, 4) is 17.2 Å². The number of amides is 3. The Kier molecular flexibility index (Phi) is 4.70. The summed E-state index contributed by atoms with van der Waals surface area (Å²) in [7, 11) is 1.56. The second-order valence-electron chi connectivity index (χ2n) is 5.06. The fourth-order valence-corrected chi connectivity index (χ4v) is 3.04. The molecule has 126 valence electrons. The van der Waals surface area contributed by atoms with Gasteiger partial charge in [0.25, 0.3) is 11.1 Å². The largest absolute Gasteiger partial charge is 0.496 e. The fraction of sp³-hybridized carbons (Fsp3) is 0.333. The first-order valence-electron chi connectivity index (χ1n) is 7.33. The monoisotopic (exact) mass is 348 g/mol. The molecule has 2 aromatic rings. The number of urea groups is 1. The number of thioether (sulfide) groups is 1. The number of hydrogen-bond acceptors (Lipinski definition) is 7. The summed E-state index contributed by atoms with van der Waals surface area (Å²) in [6, 6.07) is 6.92. The van der Waals surface area contributed by atoms with E-state index >= 15 is 0 Å². The van der Waals surface area contributed by atoms with Gasteiger partial charge in [0, 0.05) is 13.1 Å². The molecule has 1 N–H and O–H groups in total. The molecule has 0 radical (unpaired) electrons. The van der Waals surface area contributed by atoms with Crippen molar-refractivity contribution in [2.24, 2.45) is 0 Å². The maximum atomic E-state index is 12.3. The lowest BCUT2D eigenvalue weighted by molar-refractivity contribution is -0.126. The number of aromatic nitrogens is 2. The van der Waals surface area contributed by atoms with Crippen molar-refractivity contribution < 1.29 is 18.7 Å². The molecule has 0 bridgehead atoms. The van der Waals surface area contributed by atoms with E-state index in [-0.39, 0.29) is 17.2 Å². The first-order chi connectivity index (χ1) is 11.6. The van der Waals surface area contributed by atoms with Crippen LogP contribution in [0.3, 0.4) is 0 Å². The number of imide groups is 1. The summed E-state index contributed by atoms with van der Waals surface area (Å²) < 4.78 is 10.9. The molecule has 1 saturated heterocycles. The van der Waals surface area contributed by atoms with Gasteiger partial charge >= 0.3 is 6.03 Å². The number of hydrogen-bond donors (Lipinski definition) is 1. The lowest BCUT2D eigenvalue weighted by Gasteiger charge is -2.15. The molecule has 1 fully saturated rings. The third-order valence-corrected chi connectivity index (χ3v) is 4.41. The molecule has 1 aromatic heterocycles. The van der Waals surface area contributed by atoms with Gasteiger partial charge in [-0.25, -0.2) is 4.79 Å². The summed E-state index contributed by atoms with van der Waals surface area (Å²) in [4.78, 5) is 25.0. The van der Waals surface area contributed by atoms with E-state index in [0.29, 0.717) is 30.3 Å². The SMILES string of the molecule is COc1ccccc1-c1nnc(S[C@@H](C)C(=O)N2CCNC2=O)o1. The highest BCUT2D eigenvalue weighted by atomic mass is 32.2. The van der Waals surface area contributed by atoms with Crippen molar-refractivity contribution in [2.45, 2.75) is 17.4 Å². The van der Waals surface area contributed by atoms with E-state index in [1.807, 2.05) is 18.2 Å². The van der Waals surface area contributed by atoms with Crippen molar-refractivity contribution in [3.63, 3.8) is 0 Å². The lowest BCUT2D eigenvalue weighted by atomic mass is 10.2. The highest BCUT2D eigenvalue weighted by Gasteiger charge is 2.31. The Morgan fingerprint density at radius 1 is 1.42 bits per heavy atom. The van der Waals surface area contributed by atoms with E-state index in [2.05, 4.69) is 15.5 Å². The number of para-hydroxylation sites is 1. The Morgan fingerprint density at radius 3 is 2.92 bits per heavy atom. The minimum Gasteiger partial charge on any atom is -0.496 e. The van der Waals surface area contributed by atoms with Gasteiger partial charge in [-0.15, -0.1) is 10.2 Å².